The molecule has 1 heterocycles. The van der Waals surface area contributed by atoms with E-state index >= 15 is 0 Å². The Kier molecular flexibility index (Phi) is 2.38. The Balaban J connectivity index is 2.99. The molecule has 1 aromatic heterocycles. The lowest BCUT2D eigenvalue weighted by Gasteiger charge is -1.95. The van der Waals surface area contributed by atoms with Gasteiger partial charge in [-0.1, -0.05) is 0 Å². The highest BCUT2D eigenvalue weighted by Crippen LogP contribution is 2.09. The molecule has 3 nitrogen and oxygen atoms in total. The summed E-state index contributed by atoms with van der Waals surface area (Å²) in [5, 5.41) is 8.19. The SMILES string of the molecule is N#CC=Cc1cnc(F)c(N)c1. The molecule has 0 aromatic carbocycles. The van der Waals surface area contributed by atoms with Crippen molar-refractivity contribution in [2.45, 2.75) is 0 Å². The molecular formula is C8H6FN3. The molecule has 0 saturated heterocycles. The molecule has 0 spiro atoms. The van der Waals surface area contributed by atoms with E-state index in [1.54, 1.807) is 0 Å². The topological polar surface area (TPSA) is 62.7 Å². The third-order valence-corrected chi connectivity index (χ3v) is 1.24. The van der Waals surface area contributed by atoms with Gasteiger partial charge in [-0.25, -0.2) is 4.98 Å². The van der Waals surface area contributed by atoms with E-state index in [9.17, 15) is 4.39 Å². The number of pyridine rings is 1. The molecule has 0 aliphatic heterocycles. The molecule has 0 fully saturated rings. The molecule has 0 amide bonds. The number of aromatic nitrogens is 1. The fourth-order valence-corrected chi connectivity index (χ4v) is 0.707. The van der Waals surface area contributed by atoms with Gasteiger partial charge in [-0.05, 0) is 17.7 Å². The van der Waals surface area contributed by atoms with Gasteiger partial charge in [0.25, 0.3) is 0 Å². The molecule has 0 atom stereocenters. The molecular weight excluding hydrogens is 157 g/mol. The molecule has 0 aliphatic rings. The zero-order valence-corrected chi connectivity index (χ0v) is 6.16. The number of nitrogens with two attached hydrogens (primary N) is 1. The molecule has 0 aliphatic carbocycles. The lowest BCUT2D eigenvalue weighted by atomic mass is 10.2. The summed E-state index contributed by atoms with van der Waals surface area (Å²) >= 11 is 0. The summed E-state index contributed by atoms with van der Waals surface area (Å²) in [5.41, 5.74) is 5.83. The Morgan fingerprint density at radius 1 is 1.67 bits per heavy atom. The summed E-state index contributed by atoms with van der Waals surface area (Å²) in [6, 6.07) is 3.22. The first-order valence-electron chi connectivity index (χ1n) is 3.21. The van der Waals surface area contributed by atoms with Gasteiger partial charge in [0.1, 0.15) is 0 Å². The minimum atomic E-state index is -0.691. The van der Waals surface area contributed by atoms with Crippen molar-refractivity contribution in [3.63, 3.8) is 0 Å². The second kappa shape index (κ2) is 3.49. The van der Waals surface area contributed by atoms with E-state index in [0.717, 1.165) is 0 Å². The number of hydrogen-bond acceptors (Lipinski definition) is 3. The molecule has 4 heteroatoms. The molecule has 0 unspecified atom stereocenters. The normalized spacial score (nSPS) is 10.0. The molecule has 1 aromatic rings. The first-order chi connectivity index (χ1) is 5.74. The van der Waals surface area contributed by atoms with Crippen molar-refractivity contribution in [2.24, 2.45) is 0 Å². The first-order valence-corrected chi connectivity index (χ1v) is 3.21. The van der Waals surface area contributed by atoms with Crippen LogP contribution in [-0.2, 0) is 0 Å². The number of nitriles is 1. The number of rotatable bonds is 1. The lowest BCUT2D eigenvalue weighted by Crippen LogP contribution is -1.93. The van der Waals surface area contributed by atoms with Crippen molar-refractivity contribution < 1.29 is 4.39 Å². The molecule has 0 bridgehead atoms. The van der Waals surface area contributed by atoms with Crippen LogP contribution in [0.25, 0.3) is 6.08 Å². The minimum Gasteiger partial charge on any atom is -0.395 e. The maximum absolute atomic E-state index is 12.5. The van der Waals surface area contributed by atoms with E-state index in [-0.39, 0.29) is 5.69 Å². The minimum absolute atomic E-state index is 0.0184. The summed E-state index contributed by atoms with van der Waals surface area (Å²) in [7, 11) is 0. The van der Waals surface area contributed by atoms with Crippen LogP contribution >= 0.6 is 0 Å². The number of nitrogen functional groups attached to an aromatic ring is 1. The summed E-state index contributed by atoms with van der Waals surface area (Å²) < 4.78 is 12.5. The van der Waals surface area contributed by atoms with Crippen LogP contribution in [0.4, 0.5) is 10.1 Å². The van der Waals surface area contributed by atoms with Crippen LogP contribution in [0.5, 0.6) is 0 Å². The molecule has 0 radical (unpaired) electrons. The van der Waals surface area contributed by atoms with Crippen molar-refractivity contribution in [3.05, 3.63) is 29.9 Å². The predicted octanol–water partition coefficient (Wildman–Crippen LogP) is 1.34. The maximum atomic E-state index is 12.5. The van der Waals surface area contributed by atoms with Crippen LogP contribution in [0.2, 0.25) is 0 Å². The van der Waals surface area contributed by atoms with Crippen molar-refractivity contribution in [1.82, 2.24) is 4.98 Å². The van der Waals surface area contributed by atoms with Crippen LogP contribution < -0.4 is 5.73 Å². The van der Waals surface area contributed by atoms with Gasteiger partial charge in [0.2, 0.25) is 5.95 Å². The first kappa shape index (κ1) is 8.21. The van der Waals surface area contributed by atoms with Crippen LogP contribution in [0.15, 0.2) is 18.3 Å². The monoisotopic (exact) mass is 163 g/mol. The van der Waals surface area contributed by atoms with E-state index in [1.165, 1.54) is 24.4 Å². The standard InChI is InChI=1S/C8H6FN3/c9-8-7(11)4-6(5-12-8)2-1-3-10/h1-2,4-5H,11H2. The predicted molar refractivity (Wildman–Crippen MR) is 43.3 cm³/mol. The Morgan fingerprint density at radius 2 is 2.42 bits per heavy atom. The second-order valence-corrected chi connectivity index (χ2v) is 2.11. The van der Waals surface area contributed by atoms with Crippen LogP contribution in [0, 0.1) is 17.3 Å². The van der Waals surface area contributed by atoms with Crippen molar-refractivity contribution in [1.29, 1.82) is 5.26 Å². The Bertz CT molecular complexity index is 352. The fraction of sp³-hybridized carbons (Fsp3) is 0. The van der Waals surface area contributed by atoms with E-state index in [2.05, 4.69) is 4.98 Å². The van der Waals surface area contributed by atoms with Gasteiger partial charge in [0.15, 0.2) is 0 Å². The van der Waals surface area contributed by atoms with Gasteiger partial charge in [0, 0.05) is 12.3 Å². The Hall–Kier alpha value is -1.89. The number of halogens is 1. The van der Waals surface area contributed by atoms with Crippen LogP contribution in [-0.4, -0.2) is 4.98 Å². The van der Waals surface area contributed by atoms with Gasteiger partial charge in [-0.3, -0.25) is 0 Å². The van der Waals surface area contributed by atoms with E-state index in [0.29, 0.717) is 5.56 Å². The third-order valence-electron chi connectivity index (χ3n) is 1.24. The van der Waals surface area contributed by atoms with E-state index in [1.807, 2.05) is 6.07 Å². The largest absolute Gasteiger partial charge is 0.395 e. The van der Waals surface area contributed by atoms with Crippen molar-refractivity contribution in [2.75, 3.05) is 5.73 Å². The van der Waals surface area contributed by atoms with Gasteiger partial charge in [0.05, 0.1) is 11.8 Å². The Morgan fingerprint density at radius 3 is 3.00 bits per heavy atom. The van der Waals surface area contributed by atoms with Gasteiger partial charge in [-0.2, -0.15) is 9.65 Å². The number of hydrogen-bond donors (Lipinski definition) is 1. The number of allylic oxidation sites excluding steroid dienone is 1. The summed E-state index contributed by atoms with van der Waals surface area (Å²) in [6.45, 7) is 0. The van der Waals surface area contributed by atoms with Gasteiger partial charge in [-0.15, -0.1) is 0 Å². The zero-order chi connectivity index (χ0) is 8.97. The van der Waals surface area contributed by atoms with Gasteiger partial charge < -0.3 is 5.73 Å². The van der Waals surface area contributed by atoms with E-state index < -0.39 is 5.95 Å². The molecule has 2 N–H and O–H groups in total. The highest BCUT2D eigenvalue weighted by molar-refractivity contribution is 5.55. The van der Waals surface area contributed by atoms with Crippen LogP contribution in [0.1, 0.15) is 5.56 Å². The highest BCUT2D eigenvalue weighted by atomic mass is 19.1. The lowest BCUT2D eigenvalue weighted by molar-refractivity contribution is 0.588. The average molecular weight is 163 g/mol. The zero-order valence-electron chi connectivity index (χ0n) is 6.16. The van der Waals surface area contributed by atoms with Crippen molar-refractivity contribution in [3.8, 4) is 6.07 Å². The smallest absolute Gasteiger partial charge is 0.236 e. The number of nitrogens with zero attached hydrogens (tertiary/aromatic N) is 2. The molecule has 0 saturated carbocycles. The Labute approximate surface area is 69.0 Å². The van der Waals surface area contributed by atoms with Gasteiger partial charge >= 0.3 is 0 Å². The highest BCUT2D eigenvalue weighted by Gasteiger charge is 1.97. The van der Waals surface area contributed by atoms with Crippen LogP contribution in [0.3, 0.4) is 0 Å². The summed E-state index contributed by atoms with van der Waals surface area (Å²) in [5.74, 6) is -0.691. The second-order valence-electron chi connectivity index (χ2n) is 2.11. The van der Waals surface area contributed by atoms with E-state index in [4.69, 9.17) is 11.0 Å². The summed E-state index contributed by atoms with van der Waals surface area (Å²) in [6.07, 6.45) is 4.08. The third kappa shape index (κ3) is 1.80. The maximum Gasteiger partial charge on any atom is 0.236 e. The average Bonchev–Trinajstić information content (AvgIpc) is 2.07. The fourth-order valence-electron chi connectivity index (χ4n) is 0.707. The quantitative estimate of drug-likeness (QED) is 0.502. The number of anilines is 1. The van der Waals surface area contributed by atoms with Crippen molar-refractivity contribution >= 4 is 11.8 Å². The summed E-state index contributed by atoms with van der Waals surface area (Å²) in [4.78, 5) is 3.38. The molecule has 12 heavy (non-hydrogen) atoms. The molecule has 60 valence electrons. The molecule has 1 rings (SSSR count).